The van der Waals surface area contributed by atoms with Gasteiger partial charge in [-0.1, -0.05) is 48.2 Å². The van der Waals surface area contributed by atoms with Crippen LogP contribution in [0.5, 0.6) is 5.75 Å². The van der Waals surface area contributed by atoms with E-state index < -0.39 is 23.7 Å². The fourth-order valence-corrected chi connectivity index (χ4v) is 4.67. The predicted octanol–water partition coefficient (Wildman–Crippen LogP) is 3.89. The molecule has 3 rings (SSSR count). The lowest BCUT2D eigenvalue weighted by Gasteiger charge is -2.32. The first-order valence-electron chi connectivity index (χ1n) is 11.2. The number of hydrogen-bond acceptors (Lipinski definition) is 7. The van der Waals surface area contributed by atoms with Gasteiger partial charge in [0.05, 0.1) is 35.6 Å². The van der Waals surface area contributed by atoms with Crippen LogP contribution in [-0.2, 0) is 19.1 Å². The topological polar surface area (TPSA) is 118 Å². The summed E-state index contributed by atoms with van der Waals surface area (Å²) < 4.78 is 10.9. The number of para-hydroxylation sites is 2. The average Bonchev–Trinajstić information content (AvgIpc) is 2.84. The fraction of sp³-hybridized carbons (Fsp3) is 0.308. The summed E-state index contributed by atoms with van der Waals surface area (Å²) in [5.41, 5.74) is 2.30. The molecule has 0 radical (unpaired) electrons. The minimum atomic E-state index is -1.27. The van der Waals surface area contributed by atoms with Gasteiger partial charge in [-0.3, -0.25) is 14.4 Å². The molecule has 0 aliphatic carbocycles. The molecule has 2 aromatic rings. The molecule has 0 spiro atoms. The Hall–Kier alpha value is -3.77. The number of esters is 1. The van der Waals surface area contributed by atoms with Crippen LogP contribution in [0.3, 0.4) is 0 Å². The number of amides is 2. The van der Waals surface area contributed by atoms with Gasteiger partial charge in [0.15, 0.2) is 0 Å². The first-order valence-corrected chi connectivity index (χ1v) is 12.2. The van der Waals surface area contributed by atoms with Crippen LogP contribution in [0.1, 0.15) is 30.9 Å². The molecule has 0 bridgehead atoms. The van der Waals surface area contributed by atoms with Crippen molar-refractivity contribution in [2.75, 3.05) is 24.3 Å². The van der Waals surface area contributed by atoms with Gasteiger partial charge in [0, 0.05) is 17.2 Å². The highest BCUT2D eigenvalue weighted by Crippen LogP contribution is 2.43. The summed E-state index contributed by atoms with van der Waals surface area (Å²) in [6, 6.07) is 16.5. The Morgan fingerprint density at radius 1 is 1.11 bits per heavy atom. The Balaban J connectivity index is 1.96. The van der Waals surface area contributed by atoms with E-state index in [1.165, 1.54) is 0 Å². The summed E-state index contributed by atoms with van der Waals surface area (Å²) in [5, 5.41) is 15.8. The van der Waals surface area contributed by atoms with Gasteiger partial charge in [0.25, 0.3) is 0 Å². The number of aryl methyl sites for hydroxylation is 1. The van der Waals surface area contributed by atoms with Crippen molar-refractivity contribution < 1.29 is 23.9 Å². The molecule has 9 heteroatoms. The van der Waals surface area contributed by atoms with E-state index in [-0.39, 0.29) is 28.9 Å². The van der Waals surface area contributed by atoms with Gasteiger partial charge in [-0.15, -0.1) is 0 Å². The second-order valence-corrected chi connectivity index (χ2v) is 8.66. The highest BCUT2D eigenvalue weighted by molar-refractivity contribution is 8.03. The Kier molecular flexibility index (Phi) is 8.92. The second-order valence-electron chi connectivity index (χ2n) is 7.67. The van der Waals surface area contributed by atoms with Crippen molar-refractivity contribution in [3.8, 4) is 11.8 Å². The quantitative estimate of drug-likeness (QED) is 0.402. The Labute approximate surface area is 208 Å². The summed E-state index contributed by atoms with van der Waals surface area (Å²) in [7, 11) is 0. The monoisotopic (exact) mass is 493 g/mol. The minimum absolute atomic E-state index is 0.0426. The number of nitriles is 1. The number of allylic oxidation sites excluding steroid dienone is 1. The minimum Gasteiger partial charge on any atom is -0.494 e. The lowest BCUT2D eigenvalue weighted by molar-refractivity contribution is -0.152. The maximum atomic E-state index is 13.1. The van der Waals surface area contributed by atoms with Crippen LogP contribution in [0.15, 0.2) is 59.1 Å². The molecular formula is C26H27N3O5S. The third-order valence-corrected chi connectivity index (χ3v) is 6.41. The molecule has 0 saturated heterocycles. The fourth-order valence-electron chi connectivity index (χ4n) is 3.82. The highest BCUT2D eigenvalue weighted by Gasteiger charge is 2.45. The summed E-state index contributed by atoms with van der Waals surface area (Å²) in [5.74, 6) is -3.37. The summed E-state index contributed by atoms with van der Waals surface area (Å²) in [6.45, 7) is 5.82. The molecule has 0 aromatic heterocycles. The lowest BCUT2D eigenvalue weighted by Crippen LogP contribution is -2.44. The van der Waals surface area contributed by atoms with Crippen LogP contribution >= 0.6 is 11.8 Å². The summed E-state index contributed by atoms with van der Waals surface area (Å²) in [6.07, 6.45) is 0. The third-order valence-electron chi connectivity index (χ3n) is 5.39. The average molecular weight is 494 g/mol. The molecule has 8 nitrogen and oxygen atoms in total. The van der Waals surface area contributed by atoms with Crippen LogP contribution in [0.4, 0.5) is 5.69 Å². The number of nitrogens with one attached hydrogen (secondary N) is 2. The van der Waals surface area contributed by atoms with Gasteiger partial charge < -0.3 is 20.1 Å². The van der Waals surface area contributed by atoms with E-state index >= 15 is 0 Å². The van der Waals surface area contributed by atoms with E-state index in [1.54, 1.807) is 37.3 Å². The number of carbonyl (C=O) groups is 3. The van der Waals surface area contributed by atoms with E-state index in [2.05, 4.69) is 16.7 Å². The van der Waals surface area contributed by atoms with Crippen LogP contribution < -0.4 is 15.4 Å². The molecule has 35 heavy (non-hydrogen) atoms. The molecule has 0 unspecified atom stereocenters. The maximum Gasteiger partial charge on any atom is 0.319 e. The molecule has 182 valence electrons. The number of anilines is 1. The number of ether oxygens (including phenoxy) is 2. The molecule has 1 aliphatic rings. The number of hydrogen-bond donors (Lipinski definition) is 2. The largest absolute Gasteiger partial charge is 0.494 e. The van der Waals surface area contributed by atoms with Gasteiger partial charge in [-0.05, 0) is 38.5 Å². The van der Waals surface area contributed by atoms with Crippen LogP contribution in [0.25, 0.3) is 0 Å². The van der Waals surface area contributed by atoms with Crippen molar-refractivity contribution in [3.05, 3.63) is 70.3 Å². The van der Waals surface area contributed by atoms with E-state index in [1.807, 2.05) is 32.0 Å². The van der Waals surface area contributed by atoms with E-state index in [0.29, 0.717) is 23.6 Å². The van der Waals surface area contributed by atoms with Crippen LogP contribution in [-0.4, -0.2) is 36.8 Å². The first-order chi connectivity index (χ1) is 16.9. The van der Waals surface area contributed by atoms with Crippen molar-refractivity contribution in [2.24, 2.45) is 5.92 Å². The molecule has 2 amide bonds. The summed E-state index contributed by atoms with van der Waals surface area (Å²) in [4.78, 5) is 38.5. The zero-order valence-electron chi connectivity index (χ0n) is 19.8. The molecule has 1 aliphatic heterocycles. The maximum absolute atomic E-state index is 13.1. The van der Waals surface area contributed by atoms with Crippen LogP contribution in [0, 0.1) is 24.2 Å². The SMILES string of the molecule is CCOC(=O)[C@@H]1C(=O)NC(SCC(=O)Nc2ccccc2C)=C(C#N)[C@@H]1c1ccccc1OCC. The number of nitrogens with zero attached hydrogens (tertiary/aromatic N) is 1. The smallest absolute Gasteiger partial charge is 0.319 e. The number of thioether (sulfide) groups is 1. The summed E-state index contributed by atoms with van der Waals surface area (Å²) >= 11 is 1.03. The van der Waals surface area contributed by atoms with Crippen molar-refractivity contribution >= 4 is 35.2 Å². The van der Waals surface area contributed by atoms with Gasteiger partial charge in [-0.2, -0.15) is 5.26 Å². The Morgan fingerprint density at radius 3 is 2.51 bits per heavy atom. The van der Waals surface area contributed by atoms with Crippen molar-refractivity contribution in [1.82, 2.24) is 5.32 Å². The molecule has 0 fully saturated rings. The van der Waals surface area contributed by atoms with Crippen LogP contribution in [0.2, 0.25) is 0 Å². The highest BCUT2D eigenvalue weighted by atomic mass is 32.2. The Bertz CT molecular complexity index is 1190. The zero-order valence-corrected chi connectivity index (χ0v) is 20.6. The standard InChI is InChI=1S/C26H27N3O5S/c1-4-33-20-13-9-7-11-17(20)22-18(14-27)25(29-24(31)23(22)26(32)34-5-2)35-15-21(30)28-19-12-8-6-10-16(19)3/h6-13,22-23H,4-5,15H2,1-3H3,(H,28,30)(H,29,31)/t22-,23-/m0/s1. The molecule has 1 heterocycles. The third kappa shape index (κ3) is 6.03. The molecule has 2 N–H and O–H groups in total. The number of benzene rings is 2. The number of carbonyl (C=O) groups excluding carboxylic acids is 3. The van der Waals surface area contributed by atoms with Gasteiger partial charge in [0.1, 0.15) is 11.7 Å². The molecule has 2 aromatic carbocycles. The van der Waals surface area contributed by atoms with E-state index in [9.17, 15) is 19.6 Å². The van der Waals surface area contributed by atoms with E-state index in [0.717, 1.165) is 17.3 Å². The van der Waals surface area contributed by atoms with Crippen molar-refractivity contribution in [1.29, 1.82) is 5.26 Å². The first kappa shape index (κ1) is 25.8. The predicted molar refractivity (Wildman–Crippen MR) is 134 cm³/mol. The van der Waals surface area contributed by atoms with Gasteiger partial charge in [0.2, 0.25) is 11.8 Å². The number of rotatable bonds is 9. The van der Waals surface area contributed by atoms with E-state index in [4.69, 9.17) is 9.47 Å². The normalized spacial score (nSPS) is 17.3. The lowest BCUT2D eigenvalue weighted by atomic mass is 9.78. The van der Waals surface area contributed by atoms with Crippen molar-refractivity contribution in [3.63, 3.8) is 0 Å². The second kappa shape index (κ2) is 12.1. The van der Waals surface area contributed by atoms with Crippen molar-refractivity contribution in [2.45, 2.75) is 26.7 Å². The molecular weight excluding hydrogens is 466 g/mol. The molecule has 0 saturated carbocycles. The molecule has 2 atom stereocenters. The Morgan fingerprint density at radius 2 is 1.83 bits per heavy atom. The van der Waals surface area contributed by atoms with Gasteiger partial charge in [-0.25, -0.2) is 0 Å². The zero-order chi connectivity index (χ0) is 25.4. The van der Waals surface area contributed by atoms with Gasteiger partial charge >= 0.3 is 5.97 Å².